The predicted octanol–water partition coefficient (Wildman–Crippen LogP) is 0.987. The fraction of sp³-hybridized carbons (Fsp3) is 0.286. The van der Waals surface area contributed by atoms with Gasteiger partial charge in [0.2, 0.25) is 0 Å². The smallest absolute Gasteiger partial charge is 0.277 e. The number of benzene rings is 1. The fourth-order valence-corrected chi connectivity index (χ4v) is 1.89. The van der Waals surface area contributed by atoms with E-state index in [1.54, 1.807) is 12.1 Å². The molecule has 8 heteroatoms. The van der Waals surface area contributed by atoms with E-state index in [1.807, 2.05) is 0 Å². The van der Waals surface area contributed by atoms with Gasteiger partial charge in [-0.25, -0.2) is 8.78 Å². The number of amides is 2. The van der Waals surface area contributed by atoms with Gasteiger partial charge in [-0.05, 0) is 12.1 Å². The Kier molecular flexibility index (Phi) is 5.05. The quantitative estimate of drug-likeness (QED) is 0.734. The first-order valence-corrected chi connectivity index (χ1v) is 6.47. The van der Waals surface area contributed by atoms with Crippen molar-refractivity contribution < 1.29 is 28.2 Å². The molecule has 0 atom stereocenters. The van der Waals surface area contributed by atoms with E-state index in [1.165, 1.54) is 12.1 Å². The Balaban J connectivity index is 2.05. The minimum atomic E-state index is -2.58. The van der Waals surface area contributed by atoms with Crippen molar-refractivity contribution >= 4 is 17.5 Å². The van der Waals surface area contributed by atoms with Crippen molar-refractivity contribution in [3.05, 3.63) is 36.0 Å². The number of carbonyl (C=O) groups excluding carboxylic acids is 2. The van der Waals surface area contributed by atoms with Crippen LogP contribution in [0, 0.1) is 0 Å². The number of β-amino-alcohol motifs (C(OH)–C–C–N with tert-alkyl or cyclic N) is 1. The molecule has 0 spiro atoms. The number of halogens is 2. The molecule has 118 valence electrons. The molecule has 22 heavy (non-hydrogen) atoms. The molecule has 1 aliphatic heterocycles. The van der Waals surface area contributed by atoms with E-state index in [0.717, 1.165) is 11.0 Å². The monoisotopic (exact) mass is 312 g/mol. The fourth-order valence-electron chi connectivity index (χ4n) is 1.89. The molecule has 1 aromatic rings. The van der Waals surface area contributed by atoms with E-state index in [2.05, 4.69) is 5.32 Å². The maximum atomic E-state index is 12.1. The summed E-state index contributed by atoms with van der Waals surface area (Å²) in [5, 5.41) is 11.5. The summed E-state index contributed by atoms with van der Waals surface area (Å²) in [4.78, 5) is 24.4. The number of hydrogen-bond donors (Lipinski definition) is 2. The van der Waals surface area contributed by atoms with Crippen molar-refractivity contribution in [2.24, 2.45) is 0 Å². The average Bonchev–Trinajstić information content (AvgIpc) is 2.74. The van der Waals surface area contributed by atoms with Crippen LogP contribution in [0.2, 0.25) is 0 Å². The van der Waals surface area contributed by atoms with Crippen LogP contribution in [0.25, 0.3) is 0 Å². The highest BCUT2D eigenvalue weighted by Gasteiger charge is 2.30. The highest BCUT2D eigenvalue weighted by molar-refractivity contribution is 6.17. The molecule has 1 heterocycles. The van der Waals surface area contributed by atoms with Crippen molar-refractivity contribution in [2.75, 3.05) is 25.1 Å². The Morgan fingerprint density at radius 3 is 2.77 bits per heavy atom. The van der Waals surface area contributed by atoms with Gasteiger partial charge < -0.3 is 15.2 Å². The zero-order valence-electron chi connectivity index (χ0n) is 11.5. The second-order valence-corrected chi connectivity index (χ2v) is 4.43. The maximum Gasteiger partial charge on any atom is 0.277 e. The van der Waals surface area contributed by atoms with Crippen LogP contribution in [0.5, 0.6) is 5.75 Å². The highest BCUT2D eigenvalue weighted by atomic mass is 19.3. The van der Waals surface area contributed by atoms with Gasteiger partial charge in [0, 0.05) is 17.8 Å². The lowest BCUT2D eigenvalue weighted by molar-refractivity contribution is -0.137. The van der Waals surface area contributed by atoms with Crippen LogP contribution in [0.3, 0.4) is 0 Å². The number of nitrogens with zero attached hydrogens (tertiary/aromatic N) is 1. The minimum absolute atomic E-state index is 0.0458. The van der Waals surface area contributed by atoms with E-state index in [9.17, 15) is 18.4 Å². The summed E-state index contributed by atoms with van der Waals surface area (Å²) in [7, 11) is 0. The summed E-state index contributed by atoms with van der Waals surface area (Å²) in [6.07, 6.45) is -1.47. The number of nitrogens with one attached hydrogen (secondary N) is 1. The number of aliphatic hydroxyl groups is 1. The molecule has 0 saturated carbocycles. The molecule has 2 amide bonds. The number of imide groups is 1. The minimum Gasteiger partial charge on any atom is -0.488 e. The Morgan fingerprint density at radius 1 is 1.32 bits per heavy atom. The average molecular weight is 312 g/mol. The molecule has 1 aromatic carbocycles. The first-order chi connectivity index (χ1) is 10.5. The molecule has 0 aromatic heterocycles. The first kappa shape index (κ1) is 15.9. The summed E-state index contributed by atoms with van der Waals surface area (Å²) in [6.45, 7) is -1.14. The summed E-state index contributed by atoms with van der Waals surface area (Å²) >= 11 is 0. The number of alkyl halides is 2. The van der Waals surface area contributed by atoms with E-state index in [4.69, 9.17) is 9.84 Å². The molecule has 0 radical (unpaired) electrons. The van der Waals surface area contributed by atoms with Crippen LogP contribution < -0.4 is 10.1 Å². The van der Waals surface area contributed by atoms with E-state index < -0.39 is 24.8 Å². The number of carbonyl (C=O) groups is 2. The van der Waals surface area contributed by atoms with E-state index in [-0.39, 0.29) is 24.6 Å². The molecule has 2 rings (SSSR count). The van der Waals surface area contributed by atoms with Crippen molar-refractivity contribution in [2.45, 2.75) is 6.43 Å². The lowest BCUT2D eigenvalue weighted by Gasteiger charge is -2.13. The number of ether oxygens (including phenoxy) is 1. The van der Waals surface area contributed by atoms with Gasteiger partial charge in [0.25, 0.3) is 18.2 Å². The second kappa shape index (κ2) is 6.99. The van der Waals surface area contributed by atoms with E-state index in [0.29, 0.717) is 5.69 Å². The summed E-state index contributed by atoms with van der Waals surface area (Å²) in [5.74, 6) is -0.862. The third-order valence-electron chi connectivity index (χ3n) is 2.82. The molecule has 1 aliphatic rings. The van der Waals surface area contributed by atoms with Crippen LogP contribution in [0.4, 0.5) is 14.5 Å². The zero-order chi connectivity index (χ0) is 16.1. The number of aliphatic hydroxyl groups excluding tert-OH is 1. The largest absolute Gasteiger partial charge is 0.488 e. The van der Waals surface area contributed by atoms with Crippen LogP contribution >= 0.6 is 0 Å². The molecular weight excluding hydrogens is 298 g/mol. The lowest BCUT2D eigenvalue weighted by Crippen LogP contribution is -2.34. The third-order valence-corrected chi connectivity index (χ3v) is 2.82. The van der Waals surface area contributed by atoms with Gasteiger partial charge in [0.15, 0.2) is 0 Å². The third kappa shape index (κ3) is 3.79. The van der Waals surface area contributed by atoms with Gasteiger partial charge in [-0.1, -0.05) is 6.07 Å². The van der Waals surface area contributed by atoms with Crippen molar-refractivity contribution in [3.8, 4) is 5.75 Å². The van der Waals surface area contributed by atoms with Crippen molar-refractivity contribution in [1.82, 2.24) is 4.90 Å². The molecule has 0 saturated heterocycles. The van der Waals surface area contributed by atoms with Gasteiger partial charge >= 0.3 is 0 Å². The van der Waals surface area contributed by atoms with Gasteiger partial charge in [0.05, 0.1) is 13.2 Å². The Bertz CT molecular complexity index is 604. The topological polar surface area (TPSA) is 78.9 Å². The van der Waals surface area contributed by atoms with Gasteiger partial charge in [-0.3, -0.25) is 14.5 Å². The normalized spacial score (nSPS) is 14.5. The predicted molar refractivity (Wildman–Crippen MR) is 73.5 cm³/mol. The summed E-state index contributed by atoms with van der Waals surface area (Å²) in [6, 6.07) is 6.11. The number of rotatable bonds is 7. The highest BCUT2D eigenvalue weighted by Crippen LogP contribution is 2.21. The molecule has 0 aliphatic carbocycles. The Morgan fingerprint density at radius 2 is 2.09 bits per heavy atom. The van der Waals surface area contributed by atoms with Crippen LogP contribution in [-0.2, 0) is 9.59 Å². The van der Waals surface area contributed by atoms with Crippen LogP contribution in [0.15, 0.2) is 36.0 Å². The molecule has 0 fully saturated rings. The second-order valence-electron chi connectivity index (χ2n) is 4.43. The molecular formula is C14H14F2N2O4. The molecule has 6 nitrogen and oxygen atoms in total. The van der Waals surface area contributed by atoms with E-state index >= 15 is 0 Å². The summed E-state index contributed by atoms with van der Waals surface area (Å²) < 4.78 is 29.1. The van der Waals surface area contributed by atoms with Crippen LogP contribution in [-0.4, -0.2) is 48.0 Å². The maximum absolute atomic E-state index is 12.1. The first-order valence-electron chi connectivity index (χ1n) is 6.47. The number of hydrogen-bond acceptors (Lipinski definition) is 5. The molecule has 0 unspecified atom stereocenters. The lowest BCUT2D eigenvalue weighted by atomic mass is 10.3. The Hall–Kier alpha value is -2.48. The number of anilines is 1. The molecule has 0 bridgehead atoms. The molecule has 2 N–H and O–H groups in total. The van der Waals surface area contributed by atoms with Gasteiger partial charge in [-0.2, -0.15) is 0 Å². The zero-order valence-corrected chi connectivity index (χ0v) is 11.5. The van der Waals surface area contributed by atoms with Crippen molar-refractivity contribution in [1.29, 1.82) is 0 Å². The van der Waals surface area contributed by atoms with Crippen LogP contribution in [0.1, 0.15) is 0 Å². The standard InChI is InChI=1S/C14H14F2N2O4/c15-12(16)8-22-10-3-1-2-9(6-10)17-11-7-13(20)18(4-5-19)14(11)21/h1-3,6-7,12,17,19H,4-5,8H2. The van der Waals surface area contributed by atoms with Gasteiger partial charge in [0.1, 0.15) is 18.1 Å². The SMILES string of the molecule is O=C1C=C(Nc2cccc(OCC(F)F)c2)C(=O)N1CCO. The van der Waals surface area contributed by atoms with Gasteiger partial charge in [-0.15, -0.1) is 0 Å². The Labute approximate surface area is 125 Å². The summed E-state index contributed by atoms with van der Waals surface area (Å²) in [5.41, 5.74) is 0.467. The van der Waals surface area contributed by atoms with Crippen molar-refractivity contribution in [3.63, 3.8) is 0 Å².